The summed E-state index contributed by atoms with van der Waals surface area (Å²) in [5.41, 5.74) is 0. The summed E-state index contributed by atoms with van der Waals surface area (Å²) in [6, 6.07) is 9.38. The second kappa shape index (κ2) is 8.01. The molecule has 2 unspecified atom stereocenters. The molecule has 0 aromatic heterocycles. The maximum atomic E-state index is 12.1. The summed E-state index contributed by atoms with van der Waals surface area (Å²) in [5, 5.41) is 11.7. The minimum atomic E-state index is -0.548. The lowest BCUT2D eigenvalue weighted by atomic mass is 10.3. The van der Waals surface area contributed by atoms with Crippen molar-refractivity contribution in [1.82, 2.24) is 10.2 Å². The molecule has 1 saturated heterocycles. The Morgan fingerprint density at radius 1 is 1.64 bits per heavy atom. The Morgan fingerprint density at radius 2 is 2.41 bits per heavy atom. The number of hydrogen-bond donors (Lipinski definition) is 1. The van der Waals surface area contributed by atoms with Crippen LogP contribution < -0.4 is 10.1 Å². The highest BCUT2D eigenvalue weighted by Gasteiger charge is 2.24. The maximum Gasteiger partial charge on any atom is 0.317 e. The van der Waals surface area contributed by atoms with E-state index in [9.17, 15) is 4.79 Å². The first-order valence-electron chi connectivity index (χ1n) is 7.05. The Balaban J connectivity index is 1.78. The van der Waals surface area contributed by atoms with Crippen LogP contribution in [0.5, 0.6) is 5.75 Å². The summed E-state index contributed by atoms with van der Waals surface area (Å²) in [7, 11) is 0. The normalized spacial score (nSPS) is 19.1. The molecule has 0 aliphatic carbocycles. The number of nitriles is 1. The highest BCUT2D eigenvalue weighted by molar-refractivity contribution is 9.10. The van der Waals surface area contributed by atoms with Gasteiger partial charge in [0, 0.05) is 6.54 Å². The third-order valence-corrected chi connectivity index (χ3v) is 3.86. The van der Waals surface area contributed by atoms with Gasteiger partial charge in [-0.25, -0.2) is 4.79 Å². The number of hydrogen-bond acceptors (Lipinski definition) is 4. The highest BCUT2D eigenvalue weighted by Crippen LogP contribution is 2.24. The summed E-state index contributed by atoms with van der Waals surface area (Å²) in [4.78, 5) is 13.7. The number of rotatable bonds is 4. The second-order valence-corrected chi connectivity index (χ2v) is 5.83. The fourth-order valence-corrected chi connectivity index (χ4v) is 2.43. The van der Waals surface area contributed by atoms with Gasteiger partial charge in [0.15, 0.2) is 6.10 Å². The maximum absolute atomic E-state index is 12.1. The standard InChI is InChI=1S/C15H18BrN3O3/c1-11(22-14-5-3-2-4-13(14)16)9-18-15(20)19-6-7-21-12(8-17)10-19/h2-5,11-12H,6-7,9-10H2,1H3,(H,18,20). The van der Waals surface area contributed by atoms with E-state index < -0.39 is 6.10 Å². The van der Waals surface area contributed by atoms with Crippen LogP contribution in [0.3, 0.4) is 0 Å². The molecule has 1 aliphatic rings. The Hall–Kier alpha value is -1.78. The SMILES string of the molecule is CC(CNC(=O)N1CCOC(C#N)C1)Oc1ccccc1Br. The summed E-state index contributed by atoms with van der Waals surface area (Å²) < 4.78 is 11.9. The fourth-order valence-electron chi connectivity index (χ4n) is 2.05. The molecule has 1 aliphatic heterocycles. The van der Waals surface area contributed by atoms with E-state index in [1.807, 2.05) is 37.3 Å². The van der Waals surface area contributed by atoms with Crippen LogP contribution in [0.4, 0.5) is 4.79 Å². The number of para-hydroxylation sites is 1. The molecule has 0 bridgehead atoms. The molecule has 7 heteroatoms. The predicted molar refractivity (Wildman–Crippen MR) is 84.6 cm³/mol. The zero-order valence-electron chi connectivity index (χ0n) is 12.3. The van der Waals surface area contributed by atoms with Crippen molar-refractivity contribution in [3.05, 3.63) is 28.7 Å². The summed E-state index contributed by atoms with van der Waals surface area (Å²) in [6.07, 6.45) is -0.719. The van der Waals surface area contributed by atoms with Crippen molar-refractivity contribution >= 4 is 22.0 Å². The quantitative estimate of drug-likeness (QED) is 0.884. The molecule has 6 nitrogen and oxygen atoms in total. The minimum Gasteiger partial charge on any atom is -0.488 e. The number of carbonyl (C=O) groups excluding carboxylic acids is 1. The summed E-state index contributed by atoms with van der Waals surface area (Å²) in [6.45, 7) is 3.44. The van der Waals surface area contributed by atoms with Gasteiger partial charge >= 0.3 is 6.03 Å². The molecule has 1 aromatic rings. The lowest BCUT2D eigenvalue weighted by Crippen LogP contribution is -2.50. The molecule has 2 rings (SSSR count). The molecule has 0 spiro atoms. The summed E-state index contributed by atoms with van der Waals surface area (Å²) >= 11 is 3.42. The number of carbonyl (C=O) groups is 1. The van der Waals surface area contributed by atoms with E-state index in [2.05, 4.69) is 21.2 Å². The van der Waals surface area contributed by atoms with E-state index >= 15 is 0 Å². The zero-order chi connectivity index (χ0) is 15.9. The van der Waals surface area contributed by atoms with Gasteiger partial charge in [0.25, 0.3) is 0 Å². The lowest BCUT2D eigenvalue weighted by molar-refractivity contribution is 0.0154. The lowest BCUT2D eigenvalue weighted by Gasteiger charge is -2.30. The minimum absolute atomic E-state index is 0.171. The van der Waals surface area contributed by atoms with E-state index in [0.29, 0.717) is 26.2 Å². The Bertz CT molecular complexity index is 561. The monoisotopic (exact) mass is 367 g/mol. The van der Waals surface area contributed by atoms with Crippen molar-refractivity contribution in [3.63, 3.8) is 0 Å². The number of amides is 2. The Morgan fingerprint density at radius 3 is 3.14 bits per heavy atom. The molecular weight excluding hydrogens is 350 g/mol. The smallest absolute Gasteiger partial charge is 0.317 e. The molecule has 0 saturated carbocycles. The zero-order valence-corrected chi connectivity index (χ0v) is 13.9. The number of halogens is 1. The van der Waals surface area contributed by atoms with Crippen molar-refractivity contribution in [3.8, 4) is 11.8 Å². The first kappa shape index (κ1) is 16.6. The Labute approximate surface area is 138 Å². The van der Waals surface area contributed by atoms with Crippen molar-refractivity contribution in [1.29, 1.82) is 5.26 Å². The van der Waals surface area contributed by atoms with Crippen LogP contribution in [0, 0.1) is 11.3 Å². The van der Waals surface area contributed by atoms with Crippen LogP contribution in [-0.4, -0.2) is 49.4 Å². The fraction of sp³-hybridized carbons (Fsp3) is 0.467. The Kier molecular flexibility index (Phi) is 6.04. The van der Waals surface area contributed by atoms with Crippen LogP contribution in [0.1, 0.15) is 6.92 Å². The third kappa shape index (κ3) is 4.61. The molecule has 22 heavy (non-hydrogen) atoms. The number of morpholine rings is 1. The number of benzene rings is 1. The molecule has 1 heterocycles. The van der Waals surface area contributed by atoms with E-state index in [4.69, 9.17) is 14.7 Å². The van der Waals surface area contributed by atoms with E-state index in [-0.39, 0.29) is 12.1 Å². The van der Waals surface area contributed by atoms with E-state index in [1.54, 1.807) is 4.90 Å². The van der Waals surface area contributed by atoms with Crippen LogP contribution in [0.25, 0.3) is 0 Å². The molecule has 1 aromatic carbocycles. The van der Waals surface area contributed by atoms with Gasteiger partial charge in [0.1, 0.15) is 11.9 Å². The van der Waals surface area contributed by atoms with Crippen LogP contribution in [0.15, 0.2) is 28.7 Å². The largest absolute Gasteiger partial charge is 0.488 e. The van der Waals surface area contributed by atoms with Gasteiger partial charge < -0.3 is 19.7 Å². The number of nitrogens with zero attached hydrogens (tertiary/aromatic N) is 2. The average molecular weight is 368 g/mol. The van der Waals surface area contributed by atoms with Crippen LogP contribution in [-0.2, 0) is 4.74 Å². The molecular formula is C15H18BrN3O3. The first-order valence-corrected chi connectivity index (χ1v) is 7.84. The predicted octanol–water partition coefficient (Wildman–Crippen LogP) is 2.15. The van der Waals surface area contributed by atoms with Gasteiger partial charge in [0.05, 0.1) is 30.2 Å². The molecule has 1 fully saturated rings. The van der Waals surface area contributed by atoms with Crippen molar-refractivity contribution in [2.45, 2.75) is 19.1 Å². The van der Waals surface area contributed by atoms with Gasteiger partial charge in [0.2, 0.25) is 0 Å². The summed E-state index contributed by atoms with van der Waals surface area (Å²) in [5.74, 6) is 0.736. The number of nitrogens with one attached hydrogen (secondary N) is 1. The average Bonchev–Trinajstić information content (AvgIpc) is 2.55. The topological polar surface area (TPSA) is 74.6 Å². The third-order valence-electron chi connectivity index (χ3n) is 3.20. The van der Waals surface area contributed by atoms with Gasteiger partial charge in [-0.15, -0.1) is 0 Å². The van der Waals surface area contributed by atoms with Crippen molar-refractivity contribution in [2.24, 2.45) is 0 Å². The first-order chi connectivity index (χ1) is 10.6. The number of ether oxygens (including phenoxy) is 2. The van der Waals surface area contributed by atoms with Gasteiger partial charge in [-0.2, -0.15) is 5.26 Å². The van der Waals surface area contributed by atoms with E-state index in [1.165, 1.54) is 0 Å². The molecule has 118 valence electrons. The second-order valence-electron chi connectivity index (χ2n) is 4.98. The molecule has 2 atom stereocenters. The molecule has 0 radical (unpaired) electrons. The van der Waals surface area contributed by atoms with Crippen molar-refractivity contribution < 1.29 is 14.3 Å². The molecule has 2 amide bonds. The highest BCUT2D eigenvalue weighted by atomic mass is 79.9. The number of urea groups is 1. The van der Waals surface area contributed by atoms with Crippen LogP contribution in [0.2, 0.25) is 0 Å². The van der Waals surface area contributed by atoms with Gasteiger partial charge in [-0.05, 0) is 35.0 Å². The van der Waals surface area contributed by atoms with Crippen molar-refractivity contribution in [2.75, 3.05) is 26.2 Å². The molecule has 1 N–H and O–H groups in total. The van der Waals surface area contributed by atoms with Gasteiger partial charge in [-0.3, -0.25) is 0 Å². The van der Waals surface area contributed by atoms with Crippen LogP contribution >= 0.6 is 15.9 Å². The van der Waals surface area contributed by atoms with Gasteiger partial charge in [-0.1, -0.05) is 12.1 Å². The van der Waals surface area contributed by atoms with E-state index in [0.717, 1.165) is 10.2 Å².